The van der Waals surface area contributed by atoms with E-state index in [0.717, 1.165) is 16.5 Å². The summed E-state index contributed by atoms with van der Waals surface area (Å²) in [6, 6.07) is 14.1. The highest BCUT2D eigenvalue weighted by atomic mass is 16.5. The maximum absolute atomic E-state index is 11.4. The first-order chi connectivity index (χ1) is 10.3. The van der Waals surface area contributed by atoms with Crippen LogP contribution in [0.2, 0.25) is 0 Å². The Morgan fingerprint density at radius 2 is 1.90 bits per heavy atom. The molecule has 0 amide bonds. The molecule has 0 radical (unpaired) electrons. The second-order valence-corrected chi connectivity index (χ2v) is 4.47. The van der Waals surface area contributed by atoms with Crippen molar-refractivity contribution in [3.63, 3.8) is 0 Å². The molecule has 1 heterocycles. The molecular formula is C16H13N3O2. The van der Waals surface area contributed by atoms with Crippen molar-refractivity contribution in [2.75, 3.05) is 12.4 Å². The zero-order chi connectivity index (χ0) is 14.7. The Kier molecular flexibility index (Phi) is 3.47. The number of esters is 1. The van der Waals surface area contributed by atoms with Gasteiger partial charge in [-0.2, -0.15) is 0 Å². The molecule has 0 atom stereocenters. The highest BCUT2D eigenvalue weighted by Crippen LogP contribution is 2.21. The second kappa shape index (κ2) is 5.58. The molecule has 0 aliphatic heterocycles. The van der Waals surface area contributed by atoms with Gasteiger partial charge in [-0.1, -0.05) is 30.3 Å². The maximum atomic E-state index is 11.4. The van der Waals surface area contributed by atoms with E-state index in [9.17, 15) is 4.79 Å². The quantitative estimate of drug-likeness (QED) is 0.746. The Labute approximate surface area is 121 Å². The fourth-order valence-corrected chi connectivity index (χ4v) is 2.04. The number of aromatic nitrogens is 2. The standard InChI is InChI=1S/C16H13N3O2/c1-21-16(20)14-9-17-10-15(19-14)18-13-7-6-11-4-2-3-5-12(11)8-13/h2-10H,1H3,(H,18,19). The highest BCUT2D eigenvalue weighted by molar-refractivity contribution is 5.88. The van der Waals surface area contributed by atoms with Crippen LogP contribution in [0.25, 0.3) is 10.8 Å². The predicted molar refractivity (Wildman–Crippen MR) is 80.6 cm³/mol. The van der Waals surface area contributed by atoms with Crippen LogP contribution in [0.4, 0.5) is 11.5 Å². The average molecular weight is 279 g/mol. The van der Waals surface area contributed by atoms with E-state index in [1.165, 1.54) is 13.3 Å². The van der Waals surface area contributed by atoms with Crippen LogP contribution in [0, 0.1) is 0 Å². The van der Waals surface area contributed by atoms with Gasteiger partial charge in [0.05, 0.1) is 19.5 Å². The summed E-state index contributed by atoms with van der Waals surface area (Å²) < 4.78 is 4.63. The summed E-state index contributed by atoms with van der Waals surface area (Å²) in [5.41, 5.74) is 1.05. The zero-order valence-electron chi connectivity index (χ0n) is 11.4. The lowest BCUT2D eigenvalue weighted by molar-refractivity contribution is 0.0593. The van der Waals surface area contributed by atoms with Crippen molar-refractivity contribution in [1.29, 1.82) is 0 Å². The first-order valence-electron chi connectivity index (χ1n) is 6.42. The zero-order valence-corrected chi connectivity index (χ0v) is 11.4. The van der Waals surface area contributed by atoms with Crippen LogP contribution < -0.4 is 5.32 Å². The van der Waals surface area contributed by atoms with Gasteiger partial charge < -0.3 is 10.1 Å². The van der Waals surface area contributed by atoms with Gasteiger partial charge in [-0.3, -0.25) is 4.98 Å². The summed E-state index contributed by atoms with van der Waals surface area (Å²) in [6.07, 6.45) is 2.93. The Morgan fingerprint density at radius 3 is 2.71 bits per heavy atom. The number of nitrogens with one attached hydrogen (secondary N) is 1. The van der Waals surface area contributed by atoms with Crippen LogP contribution >= 0.6 is 0 Å². The van der Waals surface area contributed by atoms with Crippen LogP contribution in [0.15, 0.2) is 54.9 Å². The van der Waals surface area contributed by atoms with Gasteiger partial charge in [-0.05, 0) is 22.9 Å². The molecule has 5 heteroatoms. The lowest BCUT2D eigenvalue weighted by Crippen LogP contribution is -2.06. The topological polar surface area (TPSA) is 64.1 Å². The fraction of sp³-hybridized carbons (Fsp3) is 0.0625. The number of methoxy groups -OCH3 is 1. The minimum atomic E-state index is -0.510. The largest absolute Gasteiger partial charge is 0.464 e. The molecule has 0 saturated heterocycles. The molecule has 0 bridgehead atoms. The van der Waals surface area contributed by atoms with Gasteiger partial charge >= 0.3 is 5.97 Å². The van der Waals surface area contributed by atoms with E-state index in [-0.39, 0.29) is 5.69 Å². The van der Waals surface area contributed by atoms with Gasteiger partial charge in [0.15, 0.2) is 5.69 Å². The van der Waals surface area contributed by atoms with E-state index < -0.39 is 5.97 Å². The summed E-state index contributed by atoms with van der Waals surface area (Å²) in [5.74, 6) is -0.0159. The van der Waals surface area contributed by atoms with Gasteiger partial charge in [-0.25, -0.2) is 9.78 Å². The molecule has 0 saturated carbocycles. The third kappa shape index (κ3) is 2.81. The van der Waals surface area contributed by atoms with Crippen LogP contribution in [0.5, 0.6) is 0 Å². The van der Waals surface area contributed by atoms with Gasteiger partial charge in [0.2, 0.25) is 0 Å². The van der Waals surface area contributed by atoms with Gasteiger partial charge in [0, 0.05) is 5.69 Å². The number of rotatable bonds is 3. The molecule has 0 unspecified atom stereocenters. The Bertz CT molecular complexity index is 802. The number of benzene rings is 2. The number of hydrogen-bond acceptors (Lipinski definition) is 5. The summed E-state index contributed by atoms with van der Waals surface area (Å²) in [7, 11) is 1.31. The lowest BCUT2D eigenvalue weighted by Gasteiger charge is -2.07. The first-order valence-corrected chi connectivity index (χ1v) is 6.42. The molecule has 1 aromatic heterocycles. The van der Waals surface area contributed by atoms with Crippen molar-refractivity contribution in [2.24, 2.45) is 0 Å². The van der Waals surface area contributed by atoms with E-state index >= 15 is 0 Å². The summed E-state index contributed by atoms with van der Waals surface area (Å²) in [4.78, 5) is 19.6. The van der Waals surface area contributed by atoms with Gasteiger partial charge in [-0.15, -0.1) is 0 Å². The van der Waals surface area contributed by atoms with Crippen molar-refractivity contribution in [3.8, 4) is 0 Å². The van der Waals surface area contributed by atoms with Crippen LogP contribution in [-0.2, 0) is 4.74 Å². The molecule has 0 fully saturated rings. The smallest absolute Gasteiger partial charge is 0.358 e. The van der Waals surface area contributed by atoms with Crippen molar-refractivity contribution >= 4 is 28.2 Å². The molecule has 21 heavy (non-hydrogen) atoms. The SMILES string of the molecule is COC(=O)c1cncc(Nc2ccc3ccccc3c2)n1. The first kappa shape index (κ1) is 13.1. The minimum absolute atomic E-state index is 0.170. The molecule has 2 aromatic carbocycles. The third-order valence-electron chi connectivity index (χ3n) is 3.05. The van der Waals surface area contributed by atoms with E-state index in [4.69, 9.17) is 0 Å². The normalized spacial score (nSPS) is 10.3. The number of carbonyl (C=O) groups excluding carboxylic acids is 1. The predicted octanol–water partition coefficient (Wildman–Crippen LogP) is 3.16. The van der Waals surface area contributed by atoms with Gasteiger partial charge in [0.25, 0.3) is 0 Å². The van der Waals surface area contributed by atoms with Crippen molar-refractivity contribution in [3.05, 3.63) is 60.6 Å². The molecule has 3 aromatic rings. The average Bonchev–Trinajstić information content (AvgIpc) is 2.54. The summed E-state index contributed by atoms with van der Waals surface area (Å²) in [6.45, 7) is 0. The number of hydrogen-bond donors (Lipinski definition) is 1. The molecule has 0 aliphatic rings. The number of carbonyl (C=O) groups is 1. The number of anilines is 2. The summed E-state index contributed by atoms with van der Waals surface area (Å²) >= 11 is 0. The molecule has 3 rings (SSSR count). The van der Waals surface area contributed by atoms with Gasteiger partial charge in [0.1, 0.15) is 5.82 Å². The second-order valence-electron chi connectivity index (χ2n) is 4.47. The monoisotopic (exact) mass is 279 g/mol. The number of fused-ring (bicyclic) bond motifs is 1. The number of ether oxygens (including phenoxy) is 1. The lowest BCUT2D eigenvalue weighted by atomic mass is 10.1. The maximum Gasteiger partial charge on any atom is 0.358 e. The van der Waals surface area contributed by atoms with E-state index in [0.29, 0.717) is 5.82 Å². The van der Waals surface area contributed by atoms with E-state index in [2.05, 4.69) is 26.1 Å². The van der Waals surface area contributed by atoms with E-state index in [1.54, 1.807) is 6.20 Å². The van der Waals surface area contributed by atoms with E-state index in [1.807, 2.05) is 36.4 Å². The Morgan fingerprint density at radius 1 is 1.10 bits per heavy atom. The molecule has 1 N–H and O–H groups in total. The van der Waals surface area contributed by atoms with Crippen LogP contribution in [-0.4, -0.2) is 23.0 Å². The number of nitrogens with zero attached hydrogens (tertiary/aromatic N) is 2. The van der Waals surface area contributed by atoms with Crippen molar-refractivity contribution in [2.45, 2.75) is 0 Å². The Balaban J connectivity index is 1.89. The fourth-order valence-electron chi connectivity index (χ4n) is 2.04. The van der Waals surface area contributed by atoms with Crippen molar-refractivity contribution < 1.29 is 9.53 Å². The molecule has 0 spiro atoms. The van der Waals surface area contributed by atoms with Crippen molar-refractivity contribution in [1.82, 2.24) is 9.97 Å². The van der Waals surface area contributed by atoms with Crippen LogP contribution in [0.3, 0.4) is 0 Å². The third-order valence-corrected chi connectivity index (χ3v) is 3.05. The highest BCUT2D eigenvalue weighted by Gasteiger charge is 2.08. The molecule has 5 nitrogen and oxygen atoms in total. The Hall–Kier alpha value is -2.95. The van der Waals surface area contributed by atoms with Crippen LogP contribution in [0.1, 0.15) is 10.5 Å². The summed E-state index contributed by atoms with van der Waals surface area (Å²) in [5, 5.41) is 5.42. The molecule has 104 valence electrons. The molecular weight excluding hydrogens is 266 g/mol. The minimum Gasteiger partial charge on any atom is -0.464 e. The molecule has 0 aliphatic carbocycles.